The largest absolute Gasteiger partial charge is 0.387 e. The summed E-state index contributed by atoms with van der Waals surface area (Å²) < 4.78 is 0.695. The Morgan fingerprint density at radius 2 is 2.46 bits per heavy atom. The van der Waals surface area contributed by atoms with Crippen LogP contribution < -0.4 is 5.32 Å². The first kappa shape index (κ1) is 10.5. The lowest BCUT2D eigenvalue weighted by molar-refractivity contribution is -0.124. The van der Waals surface area contributed by atoms with Gasteiger partial charge in [0.05, 0.1) is 10.4 Å². The van der Waals surface area contributed by atoms with E-state index in [1.165, 1.54) is 11.3 Å². The van der Waals surface area contributed by atoms with Crippen LogP contribution in [0.4, 0.5) is 0 Å². The van der Waals surface area contributed by atoms with Crippen LogP contribution in [0.25, 0.3) is 0 Å². The van der Waals surface area contributed by atoms with Crippen LogP contribution in [-0.4, -0.2) is 17.6 Å². The van der Waals surface area contributed by atoms with E-state index < -0.39 is 6.61 Å². The number of aliphatic hydroxyl groups is 1. The minimum absolute atomic E-state index is 0.0999. The van der Waals surface area contributed by atoms with E-state index in [4.69, 9.17) is 16.7 Å². The van der Waals surface area contributed by atoms with Gasteiger partial charge < -0.3 is 10.4 Å². The molecule has 0 fully saturated rings. The molecule has 0 aromatic carbocycles. The molecule has 0 aliphatic rings. The summed E-state index contributed by atoms with van der Waals surface area (Å²) in [5.74, 6) is -0.378. The molecule has 2 N–H and O–H groups in total. The SMILES string of the molecule is C[C@@H](NC(=O)CO)c1ccc(Cl)s1. The molecule has 72 valence electrons. The van der Waals surface area contributed by atoms with Crippen molar-refractivity contribution in [3.63, 3.8) is 0 Å². The minimum Gasteiger partial charge on any atom is -0.387 e. The van der Waals surface area contributed by atoms with Gasteiger partial charge in [0.25, 0.3) is 0 Å². The third kappa shape index (κ3) is 2.99. The first-order valence-electron chi connectivity index (χ1n) is 3.79. The molecule has 1 aromatic heterocycles. The third-order valence-corrected chi connectivity index (χ3v) is 2.96. The van der Waals surface area contributed by atoms with Crippen molar-refractivity contribution in [2.45, 2.75) is 13.0 Å². The number of halogens is 1. The molecule has 0 saturated heterocycles. The van der Waals surface area contributed by atoms with E-state index in [9.17, 15) is 4.79 Å². The number of carbonyl (C=O) groups excluding carboxylic acids is 1. The van der Waals surface area contributed by atoms with Gasteiger partial charge in [-0.2, -0.15) is 0 Å². The maximum Gasteiger partial charge on any atom is 0.246 e. The average molecular weight is 220 g/mol. The van der Waals surface area contributed by atoms with Gasteiger partial charge in [-0.3, -0.25) is 4.79 Å². The van der Waals surface area contributed by atoms with E-state index in [1.807, 2.05) is 13.0 Å². The smallest absolute Gasteiger partial charge is 0.246 e. The van der Waals surface area contributed by atoms with Crippen LogP contribution in [0.5, 0.6) is 0 Å². The number of hydrogen-bond donors (Lipinski definition) is 2. The quantitative estimate of drug-likeness (QED) is 0.811. The van der Waals surface area contributed by atoms with Crippen LogP contribution >= 0.6 is 22.9 Å². The highest BCUT2D eigenvalue weighted by molar-refractivity contribution is 7.16. The zero-order chi connectivity index (χ0) is 9.84. The molecule has 0 aliphatic carbocycles. The molecule has 5 heteroatoms. The van der Waals surface area contributed by atoms with Crippen molar-refractivity contribution in [2.24, 2.45) is 0 Å². The van der Waals surface area contributed by atoms with E-state index in [-0.39, 0.29) is 11.9 Å². The Bertz CT molecular complexity index is 300. The van der Waals surface area contributed by atoms with E-state index in [0.717, 1.165) is 4.88 Å². The monoisotopic (exact) mass is 219 g/mol. The summed E-state index contributed by atoms with van der Waals surface area (Å²) in [6.07, 6.45) is 0. The van der Waals surface area contributed by atoms with Crippen molar-refractivity contribution < 1.29 is 9.90 Å². The van der Waals surface area contributed by atoms with E-state index in [2.05, 4.69) is 5.32 Å². The Morgan fingerprint density at radius 1 is 1.77 bits per heavy atom. The average Bonchev–Trinajstić information content (AvgIpc) is 2.51. The number of thiophene rings is 1. The fourth-order valence-corrected chi connectivity index (χ4v) is 1.98. The van der Waals surface area contributed by atoms with Crippen molar-refractivity contribution in [3.8, 4) is 0 Å². The van der Waals surface area contributed by atoms with Crippen molar-refractivity contribution in [3.05, 3.63) is 21.3 Å². The molecule has 1 amide bonds. The summed E-state index contributed by atoms with van der Waals surface area (Å²) in [7, 11) is 0. The summed E-state index contributed by atoms with van der Waals surface area (Å²) in [5.41, 5.74) is 0. The molecule has 1 aromatic rings. The predicted molar refractivity (Wildman–Crippen MR) is 53.0 cm³/mol. The van der Waals surface area contributed by atoms with E-state index in [0.29, 0.717) is 4.34 Å². The van der Waals surface area contributed by atoms with Gasteiger partial charge in [-0.15, -0.1) is 11.3 Å². The topological polar surface area (TPSA) is 49.3 Å². The van der Waals surface area contributed by atoms with Gasteiger partial charge in [0.1, 0.15) is 6.61 Å². The molecule has 0 spiro atoms. The van der Waals surface area contributed by atoms with E-state index >= 15 is 0 Å². The van der Waals surface area contributed by atoms with Gasteiger partial charge in [0.15, 0.2) is 0 Å². The third-order valence-electron chi connectivity index (χ3n) is 1.54. The number of rotatable bonds is 3. The zero-order valence-corrected chi connectivity index (χ0v) is 8.65. The molecular weight excluding hydrogens is 210 g/mol. The molecule has 1 rings (SSSR count). The van der Waals surface area contributed by atoms with Crippen molar-refractivity contribution in [1.82, 2.24) is 5.32 Å². The molecular formula is C8H10ClNO2S. The predicted octanol–water partition coefficient (Wildman–Crippen LogP) is 1.57. The lowest BCUT2D eigenvalue weighted by atomic mass is 10.3. The Kier molecular flexibility index (Phi) is 3.71. The van der Waals surface area contributed by atoms with Crippen molar-refractivity contribution >= 4 is 28.8 Å². The van der Waals surface area contributed by atoms with Gasteiger partial charge in [-0.25, -0.2) is 0 Å². The molecule has 13 heavy (non-hydrogen) atoms. The number of amides is 1. The fraction of sp³-hybridized carbons (Fsp3) is 0.375. The maximum atomic E-state index is 10.8. The van der Waals surface area contributed by atoms with Crippen LogP contribution in [0.1, 0.15) is 17.8 Å². The summed E-state index contributed by atoms with van der Waals surface area (Å²) in [4.78, 5) is 11.8. The van der Waals surface area contributed by atoms with Gasteiger partial charge in [0.2, 0.25) is 5.91 Å². The number of carbonyl (C=O) groups is 1. The lowest BCUT2D eigenvalue weighted by Crippen LogP contribution is -2.28. The zero-order valence-electron chi connectivity index (χ0n) is 7.08. The van der Waals surface area contributed by atoms with Crippen LogP contribution in [0.15, 0.2) is 12.1 Å². The first-order valence-corrected chi connectivity index (χ1v) is 4.98. The lowest BCUT2D eigenvalue weighted by Gasteiger charge is -2.10. The molecule has 1 heterocycles. The summed E-state index contributed by atoms with van der Waals surface area (Å²) in [6, 6.07) is 3.54. The van der Waals surface area contributed by atoms with Gasteiger partial charge in [-0.05, 0) is 19.1 Å². The molecule has 0 unspecified atom stereocenters. The van der Waals surface area contributed by atoms with E-state index in [1.54, 1.807) is 6.07 Å². The van der Waals surface area contributed by atoms with Crippen LogP contribution in [0.2, 0.25) is 4.34 Å². The first-order chi connectivity index (χ1) is 6.13. The van der Waals surface area contributed by atoms with Crippen LogP contribution in [0.3, 0.4) is 0 Å². The fourth-order valence-electron chi connectivity index (χ4n) is 0.919. The molecule has 0 saturated carbocycles. The second kappa shape index (κ2) is 4.60. The normalized spacial score (nSPS) is 12.5. The molecule has 0 radical (unpaired) electrons. The molecule has 3 nitrogen and oxygen atoms in total. The standard InChI is InChI=1S/C8H10ClNO2S/c1-5(10-8(12)4-11)6-2-3-7(9)13-6/h2-3,5,11H,4H2,1H3,(H,10,12)/t5-/m1/s1. The highest BCUT2D eigenvalue weighted by atomic mass is 35.5. The second-order valence-corrected chi connectivity index (χ2v) is 4.34. The minimum atomic E-state index is -0.483. The van der Waals surface area contributed by atoms with Gasteiger partial charge in [-0.1, -0.05) is 11.6 Å². The Balaban J connectivity index is 2.58. The van der Waals surface area contributed by atoms with Crippen molar-refractivity contribution in [1.29, 1.82) is 0 Å². The van der Waals surface area contributed by atoms with Gasteiger partial charge in [0, 0.05) is 4.88 Å². The number of nitrogens with one attached hydrogen (secondary N) is 1. The van der Waals surface area contributed by atoms with Crippen LogP contribution in [-0.2, 0) is 4.79 Å². The highest BCUT2D eigenvalue weighted by Crippen LogP contribution is 2.26. The summed E-state index contributed by atoms with van der Waals surface area (Å²) in [6.45, 7) is 1.36. The maximum absolute atomic E-state index is 10.8. The summed E-state index contributed by atoms with van der Waals surface area (Å²) in [5, 5.41) is 11.1. The summed E-state index contributed by atoms with van der Waals surface area (Å²) >= 11 is 7.15. The van der Waals surface area contributed by atoms with Gasteiger partial charge >= 0.3 is 0 Å². The molecule has 0 aliphatic heterocycles. The highest BCUT2D eigenvalue weighted by Gasteiger charge is 2.10. The Morgan fingerprint density at radius 3 is 2.92 bits per heavy atom. The number of aliphatic hydroxyl groups excluding tert-OH is 1. The molecule has 0 bridgehead atoms. The Hall–Kier alpha value is -0.580. The second-order valence-electron chi connectivity index (χ2n) is 2.59. The molecule has 1 atom stereocenters. The number of hydrogen-bond acceptors (Lipinski definition) is 3. The Labute approximate surface area is 85.3 Å². The van der Waals surface area contributed by atoms with Crippen molar-refractivity contribution in [2.75, 3.05) is 6.61 Å². The van der Waals surface area contributed by atoms with Crippen LogP contribution in [0, 0.1) is 0 Å².